The van der Waals surface area contributed by atoms with E-state index in [9.17, 15) is 0 Å². The number of aryl methyl sites for hydroxylation is 2. The van der Waals surface area contributed by atoms with Crippen LogP contribution in [0.2, 0.25) is 0 Å². The minimum atomic E-state index is 0.516. The lowest BCUT2D eigenvalue weighted by atomic mass is 9.98. The summed E-state index contributed by atoms with van der Waals surface area (Å²) in [5.41, 5.74) is 7.87. The van der Waals surface area contributed by atoms with Gasteiger partial charge in [-0.05, 0) is 47.9 Å². The number of hydrogen-bond donors (Lipinski definition) is 2. The molecule has 2 N–H and O–H groups in total. The Bertz CT molecular complexity index is 599. The second-order valence-corrected chi connectivity index (χ2v) is 6.92. The maximum absolute atomic E-state index is 3.59. The van der Waals surface area contributed by atoms with Crippen molar-refractivity contribution in [3.05, 3.63) is 58.7 Å². The van der Waals surface area contributed by atoms with Gasteiger partial charge < -0.3 is 10.6 Å². The quantitative estimate of drug-likeness (QED) is 0.636. The lowest BCUT2D eigenvalue weighted by Gasteiger charge is -2.21. The third-order valence-electron chi connectivity index (χ3n) is 4.38. The van der Waals surface area contributed by atoms with Crippen LogP contribution in [0, 0.1) is 13.8 Å². The van der Waals surface area contributed by atoms with Gasteiger partial charge in [0.1, 0.15) is 0 Å². The average molecular weight is 310 g/mol. The second-order valence-electron chi connectivity index (χ2n) is 6.92. The van der Waals surface area contributed by atoms with Gasteiger partial charge in [-0.25, -0.2) is 0 Å². The largest absolute Gasteiger partial charge is 0.367 e. The minimum Gasteiger partial charge on any atom is -0.367 e. The molecule has 0 aliphatic heterocycles. The summed E-state index contributed by atoms with van der Waals surface area (Å²) >= 11 is 0. The lowest BCUT2D eigenvalue weighted by Crippen LogP contribution is -2.16. The number of rotatable bonds is 6. The fourth-order valence-corrected chi connectivity index (χ4v) is 3.05. The van der Waals surface area contributed by atoms with Crippen molar-refractivity contribution in [3.63, 3.8) is 0 Å². The van der Waals surface area contributed by atoms with Crippen molar-refractivity contribution in [1.82, 2.24) is 0 Å². The summed E-state index contributed by atoms with van der Waals surface area (Å²) in [5, 5.41) is 7.19. The summed E-state index contributed by atoms with van der Waals surface area (Å²) in [6.07, 6.45) is 0. The predicted molar refractivity (Wildman–Crippen MR) is 103 cm³/mol. The molecule has 23 heavy (non-hydrogen) atoms. The second kappa shape index (κ2) is 7.54. The van der Waals surface area contributed by atoms with E-state index in [2.05, 4.69) is 88.6 Å². The van der Waals surface area contributed by atoms with Crippen LogP contribution in [0.4, 0.5) is 11.4 Å². The van der Waals surface area contributed by atoms with E-state index in [0.717, 1.165) is 6.67 Å². The topological polar surface area (TPSA) is 24.1 Å². The van der Waals surface area contributed by atoms with Gasteiger partial charge in [0, 0.05) is 11.4 Å². The van der Waals surface area contributed by atoms with E-state index >= 15 is 0 Å². The van der Waals surface area contributed by atoms with Crippen LogP contribution >= 0.6 is 0 Å². The molecule has 0 fully saturated rings. The van der Waals surface area contributed by atoms with Crippen LogP contribution in [0.25, 0.3) is 0 Å². The smallest absolute Gasteiger partial charge is 0.0849 e. The molecular weight excluding hydrogens is 280 g/mol. The molecule has 0 spiro atoms. The molecule has 2 rings (SSSR count). The van der Waals surface area contributed by atoms with Gasteiger partial charge in [-0.3, -0.25) is 0 Å². The zero-order valence-corrected chi connectivity index (χ0v) is 15.3. The van der Waals surface area contributed by atoms with E-state index in [4.69, 9.17) is 0 Å². The maximum atomic E-state index is 3.59. The molecule has 2 aromatic carbocycles. The van der Waals surface area contributed by atoms with Gasteiger partial charge in [0.2, 0.25) is 0 Å². The highest BCUT2D eigenvalue weighted by Crippen LogP contribution is 2.29. The first-order valence-electron chi connectivity index (χ1n) is 8.58. The van der Waals surface area contributed by atoms with E-state index in [1.165, 1.54) is 33.6 Å². The zero-order chi connectivity index (χ0) is 17.0. The number of hydrogen-bond acceptors (Lipinski definition) is 2. The van der Waals surface area contributed by atoms with Crippen LogP contribution in [-0.4, -0.2) is 6.67 Å². The fraction of sp³-hybridized carbons (Fsp3) is 0.429. The summed E-state index contributed by atoms with van der Waals surface area (Å²) in [5.74, 6) is 1.03. The molecule has 124 valence electrons. The molecule has 0 aliphatic carbocycles. The first-order chi connectivity index (χ1) is 10.9. The third-order valence-corrected chi connectivity index (χ3v) is 4.38. The van der Waals surface area contributed by atoms with Gasteiger partial charge in [0.25, 0.3) is 0 Å². The molecule has 0 aromatic heterocycles. The average Bonchev–Trinajstić information content (AvgIpc) is 2.49. The molecule has 2 nitrogen and oxygen atoms in total. The Kier molecular flexibility index (Phi) is 5.70. The van der Waals surface area contributed by atoms with Crippen molar-refractivity contribution >= 4 is 11.4 Å². The maximum Gasteiger partial charge on any atom is 0.0849 e. The van der Waals surface area contributed by atoms with Crippen molar-refractivity contribution in [1.29, 1.82) is 0 Å². The van der Waals surface area contributed by atoms with E-state index in [0.29, 0.717) is 11.8 Å². The Hall–Kier alpha value is -1.96. The Morgan fingerprint density at radius 1 is 0.696 bits per heavy atom. The summed E-state index contributed by atoms with van der Waals surface area (Å²) in [4.78, 5) is 0. The Labute approximate surface area is 141 Å². The summed E-state index contributed by atoms with van der Waals surface area (Å²) in [6.45, 7) is 14.0. The fourth-order valence-electron chi connectivity index (χ4n) is 3.05. The Balaban J connectivity index is 2.16. The first-order valence-corrected chi connectivity index (χ1v) is 8.58. The molecule has 0 heterocycles. The van der Waals surface area contributed by atoms with Crippen molar-refractivity contribution < 1.29 is 0 Å². The monoisotopic (exact) mass is 310 g/mol. The molecule has 0 saturated carbocycles. The third kappa shape index (κ3) is 4.07. The first kappa shape index (κ1) is 17.4. The standard InChI is InChI=1S/C21H30N2/c1-14(2)18-11-7-9-16(5)20(18)22-13-23-21-17(6)10-8-12-19(21)15(3)4/h7-12,14-15,22-23H,13H2,1-6H3. The SMILES string of the molecule is Cc1cccc(C(C)C)c1NCNc1c(C)cccc1C(C)C. The highest BCUT2D eigenvalue weighted by atomic mass is 15.1. The molecule has 0 saturated heterocycles. The number of para-hydroxylation sites is 2. The van der Waals surface area contributed by atoms with E-state index in [1.54, 1.807) is 0 Å². The van der Waals surface area contributed by atoms with Crippen molar-refractivity contribution in [2.75, 3.05) is 17.3 Å². The lowest BCUT2D eigenvalue weighted by molar-refractivity contribution is 0.861. The summed E-state index contributed by atoms with van der Waals surface area (Å²) < 4.78 is 0. The summed E-state index contributed by atoms with van der Waals surface area (Å²) in [6, 6.07) is 13.0. The number of benzene rings is 2. The molecule has 0 aliphatic rings. The number of anilines is 2. The van der Waals surface area contributed by atoms with Gasteiger partial charge in [-0.15, -0.1) is 0 Å². The van der Waals surface area contributed by atoms with E-state index in [-0.39, 0.29) is 0 Å². The highest BCUT2D eigenvalue weighted by Gasteiger charge is 2.10. The van der Waals surface area contributed by atoms with Crippen molar-refractivity contribution in [2.24, 2.45) is 0 Å². The molecule has 0 unspecified atom stereocenters. The molecular formula is C21H30N2. The Morgan fingerprint density at radius 3 is 1.43 bits per heavy atom. The van der Waals surface area contributed by atoms with Crippen LogP contribution in [0.5, 0.6) is 0 Å². The van der Waals surface area contributed by atoms with E-state index < -0.39 is 0 Å². The number of nitrogens with one attached hydrogen (secondary N) is 2. The van der Waals surface area contributed by atoms with Crippen LogP contribution in [0.3, 0.4) is 0 Å². The minimum absolute atomic E-state index is 0.516. The molecule has 0 amide bonds. The zero-order valence-electron chi connectivity index (χ0n) is 15.3. The Morgan fingerprint density at radius 2 is 1.09 bits per heavy atom. The van der Waals surface area contributed by atoms with Gasteiger partial charge in [-0.2, -0.15) is 0 Å². The normalized spacial score (nSPS) is 11.1. The van der Waals surface area contributed by atoms with Crippen molar-refractivity contribution in [2.45, 2.75) is 53.4 Å². The molecule has 0 atom stereocenters. The van der Waals surface area contributed by atoms with Gasteiger partial charge in [0.05, 0.1) is 6.67 Å². The predicted octanol–water partition coefficient (Wildman–Crippen LogP) is 6.03. The molecule has 0 radical (unpaired) electrons. The van der Waals surface area contributed by atoms with Gasteiger partial charge in [0.15, 0.2) is 0 Å². The van der Waals surface area contributed by atoms with Crippen LogP contribution in [0.15, 0.2) is 36.4 Å². The van der Waals surface area contributed by atoms with E-state index in [1.807, 2.05) is 0 Å². The molecule has 2 aromatic rings. The van der Waals surface area contributed by atoms with Crippen LogP contribution < -0.4 is 10.6 Å². The van der Waals surface area contributed by atoms with Gasteiger partial charge in [-0.1, -0.05) is 64.1 Å². The summed E-state index contributed by atoms with van der Waals surface area (Å²) in [7, 11) is 0. The molecule has 2 heteroatoms. The van der Waals surface area contributed by atoms with Crippen LogP contribution in [-0.2, 0) is 0 Å². The molecule has 0 bridgehead atoms. The van der Waals surface area contributed by atoms with Crippen LogP contribution in [0.1, 0.15) is 61.8 Å². The van der Waals surface area contributed by atoms with Crippen molar-refractivity contribution in [3.8, 4) is 0 Å². The highest BCUT2D eigenvalue weighted by molar-refractivity contribution is 5.62. The van der Waals surface area contributed by atoms with Gasteiger partial charge >= 0.3 is 0 Å².